The van der Waals surface area contributed by atoms with E-state index in [9.17, 15) is 4.79 Å². The van der Waals surface area contributed by atoms with Crippen LogP contribution in [0.5, 0.6) is 0 Å². The molecular formula is C15H14O. The van der Waals surface area contributed by atoms with Crippen LogP contribution in [0, 0.1) is 13.8 Å². The van der Waals surface area contributed by atoms with E-state index < -0.39 is 0 Å². The highest BCUT2D eigenvalue weighted by Gasteiger charge is 2.08. The molecule has 0 fully saturated rings. The number of benzene rings is 2. The van der Waals surface area contributed by atoms with Crippen LogP contribution in [0.4, 0.5) is 0 Å². The van der Waals surface area contributed by atoms with Gasteiger partial charge >= 0.3 is 0 Å². The van der Waals surface area contributed by atoms with Gasteiger partial charge in [-0.15, -0.1) is 0 Å². The number of carbonyl (C=O) groups is 1. The van der Waals surface area contributed by atoms with Gasteiger partial charge in [0.05, 0.1) is 0 Å². The predicted octanol–water partition coefficient (Wildman–Crippen LogP) is 3.78. The highest BCUT2D eigenvalue weighted by atomic mass is 16.1. The van der Waals surface area contributed by atoms with E-state index in [0.717, 1.165) is 28.5 Å². The molecule has 0 atom stereocenters. The highest BCUT2D eigenvalue weighted by Crippen LogP contribution is 2.28. The third-order valence-corrected chi connectivity index (χ3v) is 2.85. The zero-order valence-electron chi connectivity index (χ0n) is 9.53. The monoisotopic (exact) mass is 210 g/mol. The van der Waals surface area contributed by atoms with Gasteiger partial charge in [-0.05, 0) is 36.1 Å². The van der Waals surface area contributed by atoms with Crippen LogP contribution in [-0.2, 0) is 0 Å². The summed E-state index contributed by atoms with van der Waals surface area (Å²) < 4.78 is 0. The number of hydrogen-bond acceptors (Lipinski definition) is 1. The zero-order chi connectivity index (χ0) is 11.5. The van der Waals surface area contributed by atoms with Crippen LogP contribution in [0.25, 0.3) is 11.1 Å². The number of aldehydes is 1. The van der Waals surface area contributed by atoms with Gasteiger partial charge in [0, 0.05) is 5.56 Å². The number of rotatable bonds is 2. The lowest BCUT2D eigenvalue weighted by atomic mass is 9.93. The number of hydrogen-bond donors (Lipinski definition) is 0. The Balaban J connectivity index is 2.73. The first-order valence-electron chi connectivity index (χ1n) is 5.35. The van der Waals surface area contributed by atoms with Crippen LogP contribution in [-0.4, -0.2) is 6.29 Å². The van der Waals surface area contributed by atoms with Gasteiger partial charge in [-0.3, -0.25) is 4.79 Å². The zero-order valence-corrected chi connectivity index (χ0v) is 9.53. The van der Waals surface area contributed by atoms with Crippen molar-refractivity contribution in [3.8, 4) is 11.1 Å². The summed E-state index contributed by atoms with van der Waals surface area (Å²) in [6.45, 7) is 4.10. The summed E-state index contributed by atoms with van der Waals surface area (Å²) in [5.74, 6) is 0. The molecule has 0 radical (unpaired) electrons. The first-order valence-corrected chi connectivity index (χ1v) is 5.35. The molecule has 80 valence electrons. The largest absolute Gasteiger partial charge is 0.298 e. The average molecular weight is 210 g/mol. The SMILES string of the molecule is Cc1ccccc1-c1c(C)cccc1C=O. The average Bonchev–Trinajstić information content (AvgIpc) is 2.30. The van der Waals surface area contributed by atoms with Gasteiger partial charge in [0.25, 0.3) is 0 Å². The Morgan fingerprint density at radius 1 is 0.875 bits per heavy atom. The molecule has 0 N–H and O–H groups in total. The smallest absolute Gasteiger partial charge is 0.150 e. The fraction of sp³-hybridized carbons (Fsp3) is 0.133. The van der Waals surface area contributed by atoms with Crippen molar-refractivity contribution < 1.29 is 4.79 Å². The lowest BCUT2D eigenvalue weighted by molar-refractivity contribution is 0.112. The molecule has 0 heterocycles. The van der Waals surface area contributed by atoms with E-state index in [0.29, 0.717) is 0 Å². The summed E-state index contributed by atoms with van der Waals surface area (Å²) in [6.07, 6.45) is 0.925. The fourth-order valence-electron chi connectivity index (χ4n) is 2.01. The summed E-state index contributed by atoms with van der Waals surface area (Å²) in [5, 5.41) is 0. The molecule has 0 bridgehead atoms. The second kappa shape index (κ2) is 4.31. The van der Waals surface area contributed by atoms with Crippen molar-refractivity contribution in [3.63, 3.8) is 0 Å². The van der Waals surface area contributed by atoms with Crippen LogP contribution in [0.3, 0.4) is 0 Å². The molecule has 0 aliphatic rings. The molecule has 0 unspecified atom stereocenters. The predicted molar refractivity (Wildman–Crippen MR) is 66.7 cm³/mol. The van der Waals surface area contributed by atoms with Crippen molar-refractivity contribution in [3.05, 3.63) is 59.2 Å². The van der Waals surface area contributed by atoms with Gasteiger partial charge in [0.15, 0.2) is 6.29 Å². The van der Waals surface area contributed by atoms with E-state index in [1.54, 1.807) is 0 Å². The van der Waals surface area contributed by atoms with Crippen molar-refractivity contribution in [2.75, 3.05) is 0 Å². The topological polar surface area (TPSA) is 17.1 Å². The van der Waals surface area contributed by atoms with Gasteiger partial charge in [-0.2, -0.15) is 0 Å². The van der Waals surface area contributed by atoms with E-state index in [4.69, 9.17) is 0 Å². The molecule has 1 nitrogen and oxygen atoms in total. The Morgan fingerprint density at radius 2 is 1.56 bits per heavy atom. The van der Waals surface area contributed by atoms with Crippen LogP contribution < -0.4 is 0 Å². The van der Waals surface area contributed by atoms with Gasteiger partial charge < -0.3 is 0 Å². The molecule has 2 aromatic carbocycles. The minimum atomic E-state index is 0.759. The van der Waals surface area contributed by atoms with Gasteiger partial charge in [-0.1, -0.05) is 42.5 Å². The molecule has 16 heavy (non-hydrogen) atoms. The van der Waals surface area contributed by atoms with E-state index in [1.165, 1.54) is 5.56 Å². The lowest BCUT2D eigenvalue weighted by Gasteiger charge is -2.11. The Kier molecular flexibility index (Phi) is 2.86. The third kappa shape index (κ3) is 1.76. The van der Waals surface area contributed by atoms with Gasteiger partial charge in [-0.25, -0.2) is 0 Å². The van der Waals surface area contributed by atoms with E-state index in [-0.39, 0.29) is 0 Å². The maximum Gasteiger partial charge on any atom is 0.150 e. The molecule has 2 aromatic rings. The highest BCUT2D eigenvalue weighted by molar-refractivity contribution is 5.89. The first-order chi connectivity index (χ1) is 7.74. The van der Waals surface area contributed by atoms with E-state index >= 15 is 0 Å². The molecule has 0 aliphatic heterocycles. The van der Waals surface area contributed by atoms with Crippen LogP contribution in [0.2, 0.25) is 0 Å². The molecule has 0 saturated heterocycles. The Morgan fingerprint density at radius 3 is 2.25 bits per heavy atom. The molecule has 0 aromatic heterocycles. The Bertz CT molecular complexity index is 527. The first kappa shape index (κ1) is 10.6. The quantitative estimate of drug-likeness (QED) is 0.689. The summed E-state index contributed by atoms with van der Waals surface area (Å²) in [7, 11) is 0. The standard InChI is InChI=1S/C15H14O/c1-11-6-3-4-9-14(11)15-12(2)7-5-8-13(15)10-16/h3-10H,1-2H3. The molecule has 0 saturated carbocycles. The Labute approximate surface area is 95.7 Å². The summed E-state index contributed by atoms with van der Waals surface area (Å²) in [6, 6.07) is 14.0. The van der Waals surface area contributed by atoms with E-state index in [1.807, 2.05) is 37.3 Å². The molecule has 0 aliphatic carbocycles. The van der Waals surface area contributed by atoms with Crippen LogP contribution in [0.15, 0.2) is 42.5 Å². The lowest BCUT2D eigenvalue weighted by Crippen LogP contribution is -1.92. The summed E-state index contributed by atoms with van der Waals surface area (Å²) in [5.41, 5.74) is 5.28. The fourth-order valence-corrected chi connectivity index (χ4v) is 2.01. The van der Waals surface area contributed by atoms with Crippen molar-refractivity contribution in [2.45, 2.75) is 13.8 Å². The van der Waals surface area contributed by atoms with Gasteiger partial charge in [0.1, 0.15) is 0 Å². The molecule has 1 heteroatoms. The molecule has 2 rings (SSSR count). The Hall–Kier alpha value is -1.89. The summed E-state index contributed by atoms with van der Waals surface area (Å²) >= 11 is 0. The van der Waals surface area contributed by atoms with Gasteiger partial charge in [0.2, 0.25) is 0 Å². The summed E-state index contributed by atoms with van der Waals surface area (Å²) in [4.78, 5) is 11.1. The van der Waals surface area contributed by atoms with Crippen LogP contribution >= 0.6 is 0 Å². The van der Waals surface area contributed by atoms with Crippen molar-refractivity contribution >= 4 is 6.29 Å². The maximum absolute atomic E-state index is 11.1. The molecule has 0 spiro atoms. The third-order valence-electron chi connectivity index (χ3n) is 2.85. The van der Waals surface area contributed by atoms with Crippen molar-refractivity contribution in [1.82, 2.24) is 0 Å². The van der Waals surface area contributed by atoms with Crippen molar-refractivity contribution in [2.24, 2.45) is 0 Å². The molecule has 0 amide bonds. The van der Waals surface area contributed by atoms with Crippen LogP contribution in [0.1, 0.15) is 21.5 Å². The second-order valence-electron chi connectivity index (χ2n) is 3.97. The normalized spacial score (nSPS) is 10.1. The van der Waals surface area contributed by atoms with Crippen molar-refractivity contribution in [1.29, 1.82) is 0 Å². The van der Waals surface area contributed by atoms with E-state index in [2.05, 4.69) is 19.1 Å². The molecular weight excluding hydrogens is 196 g/mol. The minimum absolute atomic E-state index is 0.759. The second-order valence-corrected chi connectivity index (χ2v) is 3.97. The number of carbonyl (C=O) groups excluding carboxylic acids is 1. The minimum Gasteiger partial charge on any atom is -0.298 e. The maximum atomic E-state index is 11.1. The number of aryl methyl sites for hydroxylation is 2.